The number of ether oxygens (including phenoxy) is 1. The van der Waals surface area contributed by atoms with Crippen LogP contribution in [0.1, 0.15) is 34.1 Å². The van der Waals surface area contributed by atoms with E-state index in [9.17, 15) is 14.4 Å². The van der Waals surface area contributed by atoms with Gasteiger partial charge in [0.05, 0.1) is 18.6 Å². The summed E-state index contributed by atoms with van der Waals surface area (Å²) in [6.45, 7) is 6.89. The maximum atomic E-state index is 11.8. The lowest BCUT2D eigenvalue weighted by Crippen LogP contribution is -2.51. The molecule has 7 nitrogen and oxygen atoms in total. The van der Waals surface area contributed by atoms with E-state index < -0.39 is 36.4 Å². The number of esters is 1. The second kappa shape index (κ2) is 7.73. The standard InChI is InChI=1S/C12H22N2O5/c1-6(2)10(12(18)19-7(3)4)14-11(17)8(13)5-9(15)16/h6-8,10H,5,13H2,1-4H3,(H,14,17)(H,15,16)/t8-,10-/m0/s1. The Morgan fingerprint density at radius 1 is 1.21 bits per heavy atom. The van der Waals surface area contributed by atoms with E-state index in [2.05, 4.69) is 5.32 Å². The summed E-state index contributed by atoms with van der Waals surface area (Å²) in [7, 11) is 0. The predicted molar refractivity (Wildman–Crippen MR) is 68.2 cm³/mol. The van der Waals surface area contributed by atoms with Gasteiger partial charge < -0.3 is 20.9 Å². The topological polar surface area (TPSA) is 119 Å². The second-order valence-corrected chi connectivity index (χ2v) is 4.92. The van der Waals surface area contributed by atoms with Gasteiger partial charge in [-0.05, 0) is 19.8 Å². The minimum atomic E-state index is -1.19. The first-order valence-corrected chi connectivity index (χ1v) is 6.13. The predicted octanol–water partition coefficient (Wildman–Crippen LogP) is -0.119. The molecule has 0 aliphatic heterocycles. The molecule has 0 bridgehead atoms. The van der Waals surface area contributed by atoms with Crippen LogP contribution in [0.3, 0.4) is 0 Å². The number of nitrogens with two attached hydrogens (primary N) is 1. The highest BCUT2D eigenvalue weighted by Gasteiger charge is 2.28. The molecule has 2 atom stereocenters. The first-order chi connectivity index (χ1) is 8.65. The third kappa shape index (κ3) is 6.76. The Hall–Kier alpha value is -1.63. The van der Waals surface area contributed by atoms with Gasteiger partial charge >= 0.3 is 11.9 Å². The zero-order chi connectivity index (χ0) is 15.2. The Labute approximate surface area is 112 Å². The Balaban J connectivity index is 4.62. The first kappa shape index (κ1) is 17.4. The van der Waals surface area contributed by atoms with Crippen molar-refractivity contribution >= 4 is 17.8 Å². The number of carbonyl (C=O) groups excluding carboxylic acids is 2. The smallest absolute Gasteiger partial charge is 0.329 e. The summed E-state index contributed by atoms with van der Waals surface area (Å²) in [5.41, 5.74) is 5.42. The average Bonchev–Trinajstić information content (AvgIpc) is 2.22. The third-order valence-corrected chi connectivity index (χ3v) is 2.30. The van der Waals surface area contributed by atoms with Crippen LogP contribution in [0.5, 0.6) is 0 Å². The van der Waals surface area contributed by atoms with E-state index in [1.54, 1.807) is 27.7 Å². The molecule has 0 aliphatic rings. The van der Waals surface area contributed by atoms with Gasteiger partial charge in [0.1, 0.15) is 6.04 Å². The summed E-state index contributed by atoms with van der Waals surface area (Å²) >= 11 is 0. The molecule has 0 aromatic heterocycles. The number of amides is 1. The molecule has 19 heavy (non-hydrogen) atoms. The van der Waals surface area contributed by atoms with Gasteiger partial charge in [-0.3, -0.25) is 9.59 Å². The van der Waals surface area contributed by atoms with Crippen molar-refractivity contribution in [1.29, 1.82) is 0 Å². The molecular weight excluding hydrogens is 252 g/mol. The molecule has 0 saturated heterocycles. The molecule has 0 saturated carbocycles. The third-order valence-electron chi connectivity index (χ3n) is 2.30. The van der Waals surface area contributed by atoms with E-state index in [-0.39, 0.29) is 12.0 Å². The molecule has 0 rings (SSSR count). The number of carbonyl (C=O) groups is 3. The lowest BCUT2D eigenvalue weighted by molar-refractivity contribution is -0.153. The minimum Gasteiger partial charge on any atom is -0.481 e. The molecule has 0 spiro atoms. The van der Waals surface area contributed by atoms with Crippen molar-refractivity contribution in [3.05, 3.63) is 0 Å². The molecule has 0 unspecified atom stereocenters. The van der Waals surface area contributed by atoms with Crippen LogP contribution in [0.25, 0.3) is 0 Å². The maximum absolute atomic E-state index is 11.8. The van der Waals surface area contributed by atoms with Crippen LogP contribution in [0, 0.1) is 5.92 Å². The van der Waals surface area contributed by atoms with E-state index in [0.29, 0.717) is 0 Å². The number of hydrogen-bond donors (Lipinski definition) is 3. The quantitative estimate of drug-likeness (QED) is 0.557. The van der Waals surface area contributed by atoms with Gasteiger partial charge in [-0.2, -0.15) is 0 Å². The van der Waals surface area contributed by atoms with Gasteiger partial charge in [-0.15, -0.1) is 0 Å². The van der Waals surface area contributed by atoms with Crippen LogP contribution in [-0.2, 0) is 19.1 Å². The van der Waals surface area contributed by atoms with E-state index in [0.717, 1.165) is 0 Å². The SMILES string of the molecule is CC(C)OC(=O)[C@@H](NC(=O)[C@@H](N)CC(=O)O)C(C)C. The molecule has 0 fully saturated rings. The fourth-order valence-corrected chi connectivity index (χ4v) is 1.34. The normalized spacial score (nSPS) is 14.1. The highest BCUT2D eigenvalue weighted by molar-refractivity contribution is 5.89. The molecule has 0 radical (unpaired) electrons. The van der Waals surface area contributed by atoms with Crippen LogP contribution in [0.15, 0.2) is 0 Å². The van der Waals surface area contributed by atoms with Crippen molar-refractivity contribution in [1.82, 2.24) is 5.32 Å². The van der Waals surface area contributed by atoms with Crippen molar-refractivity contribution < 1.29 is 24.2 Å². The molecule has 0 aliphatic carbocycles. The number of carboxylic acid groups (broad SMARTS) is 1. The van der Waals surface area contributed by atoms with Gasteiger partial charge in [0.2, 0.25) is 5.91 Å². The number of carboxylic acids is 1. The molecular formula is C12H22N2O5. The van der Waals surface area contributed by atoms with Gasteiger partial charge in [0.15, 0.2) is 0 Å². The molecule has 0 aromatic rings. The van der Waals surface area contributed by atoms with E-state index in [4.69, 9.17) is 15.6 Å². The highest BCUT2D eigenvalue weighted by Crippen LogP contribution is 2.06. The molecule has 1 amide bonds. The van der Waals surface area contributed by atoms with Gasteiger partial charge in [0, 0.05) is 0 Å². The van der Waals surface area contributed by atoms with Crippen LogP contribution in [0.2, 0.25) is 0 Å². The zero-order valence-electron chi connectivity index (χ0n) is 11.7. The average molecular weight is 274 g/mol. The molecule has 7 heteroatoms. The lowest BCUT2D eigenvalue weighted by Gasteiger charge is -2.23. The van der Waals surface area contributed by atoms with Crippen LogP contribution >= 0.6 is 0 Å². The van der Waals surface area contributed by atoms with E-state index in [1.807, 2.05) is 0 Å². The van der Waals surface area contributed by atoms with Gasteiger partial charge in [-0.1, -0.05) is 13.8 Å². The van der Waals surface area contributed by atoms with Gasteiger partial charge in [0.25, 0.3) is 0 Å². The summed E-state index contributed by atoms with van der Waals surface area (Å²) in [5, 5.41) is 11.0. The Morgan fingerprint density at radius 3 is 2.11 bits per heavy atom. The van der Waals surface area contributed by atoms with Gasteiger partial charge in [-0.25, -0.2) is 4.79 Å². The molecule has 0 aromatic carbocycles. The fourth-order valence-electron chi connectivity index (χ4n) is 1.34. The summed E-state index contributed by atoms with van der Waals surface area (Å²) in [5.74, 6) is -2.59. The van der Waals surface area contributed by atoms with Crippen molar-refractivity contribution in [2.45, 2.75) is 52.3 Å². The Morgan fingerprint density at radius 2 is 1.74 bits per heavy atom. The Kier molecular flexibility index (Phi) is 7.06. The zero-order valence-corrected chi connectivity index (χ0v) is 11.7. The summed E-state index contributed by atoms with van der Waals surface area (Å²) in [6.07, 6.45) is -0.783. The molecule has 0 heterocycles. The number of hydrogen-bond acceptors (Lipinski definition) is 5. The van der Waals surface area contributed by atoms with Crippen molar-refractivity contribution in [2.75, 3.05) is 0 Å². The summed E-state index contributed by atoms with van der Waals surface area (Å²) in [6, 6.07) is -2.03. The van der Waals surface area contributed by atoms with Crippen molar-refractivity contribution in [3.8, 4) is 0 Å². The monoisotopic (exact) mass is 274 g/mol. The van der Waals surface area contributed by atoms with Crippen molar-refractivity contribution in [2.24, 2.45) is 11.7 Å². The second-order valence-electron chi connectivity index (χ2n) is 4.92. The number of aliphatic carboxylic acids is 1. The lowest BCUT2D eigenvalue weighted by atomic mass is 10.0. The largest absolute Gasteiger partial charge is 0.481 e. The highest BCUT2D eigenvalue weighted by atomic mass is 16.5. The van der Waals surface area contributed by atoms with Crippen molar-refractivity contribution in [3.63, 3.8) is 0 Å². The van der Waals surface area contributed by atoms with Crippen LogP contribution in [0.4, 0.5) is 0 Å². The summed E-state index contributed by atoms with van der Waals surface area (Å²) in [4.78, 5) is 33.9. The van der Waals surface area contributed by atoms with Crippen LogP contribution in [-0.4, -0.2) is 41.1 Å². The van der Waals surface area contributed by atoms with E-state index >= 15 is 0 Å². The summed E-state index contributed by atoms with van der Waals surface area (Å²) < 4.78 is 5.02. The number of nitrogens with one attached hydrogen (secondary N) is 1. The molecule has 4 N–H and O–H groups in total. The Bertz CT molecular complexity index is 341. The number of rotatable bonds is 7. The van der Waals surface area contributed by atoms with Crippen LogP contribution < -0.4 is 11.1 Å². The minimum absolute atomic E-state index is 0.188. The fraction of sp³-hybridized carbons (Fsp3) is 0.750. The van der Waals surface area contributed by atoms with E-state index in [1.165, 1.54) is 0 Å². The molecule has 110 valence electrons. The first-order valence-electron chi connectivity index (χ1n) is 6.13. The maximum Gasteiger partial charge on any atom is 0.329 e.